The van der Waals surface area contributed by atoms with Crippen LogP contribution in [0.4, 0.5) is 0 Å². The van der Waals surface area contributed by atoms with Crippen molar-refractivity contribution in [1.82, 2.24) is 19.9 Å². The highest BCUT2D eigenvalue weighted by molar-refractivity contribution is 7.15. The summed E-state index contributed by atoms with van der Waals surface area (Å²) in [5, 5.41) is 12.5. The molecule has 10 nitrogen and oxygen atoms in total. The maximum Gasteiger partial charge on any atom is 0.303 e. The van der Waals surface area contributed by atoms with Gasteiger partial charge in [0.1, 0.15) is 35.6 Å². The molecule has 1 N–H and O–H groups in total. The second-order valence-corrected chi connectivity index (χ2v) is 11.3. The SMILES string of the molecule is CC(=O)OCC1OC(Cc2ncc(C(O)c3sc(-c4cnccn4)nc3C)s2)C(OC(C)=O)C(C)C1C. The fraction of sp³-hybridized carbons (Fsp3) is 0.520. The lowest BCUT2D eigenvalue weighted by Crippen LogP contribution is -2.53. The predicted molar refractivity (Wildman–Crippen MR) is 137 cm³/mol. The molecule has 4 rings (SSSR count). The topological polar surface area (TPSA) is 134 Å². The third-order valence-electron chi connectivity index (χ3n) is 6.48. The summed E-state index contributed by atoms with van der Waals surface area (Å²) in [5.74, 6) is -0.772. The number of aryl methyl sites for hydroxylation is 1. The lowest BCUT2D eigenvalue weighted by atomic mass is 9.80. The Bertz CT molecular complexity index is 1230. The van der Waals surface area contributed by atoms with Gasteiger partial charge in [0.05, 0.1) is 32.8 Å². The molecule has 3 aromatic heterocycles. The Morgan fingerprint density at radius 2 is 1.86 bits per heavy atom. The van der Waals surface area contributed by atoms with Crippen LogP contribution in [0.5, 0.6) is 0 Å². The zero-order valence-electron chi connectivity index (χ0n) is 21.3. The van der Waals surface area contributed by atoms with Crippen LogP contribution in [-0.2, 0) is 30.2 Å². The standard InChI is InChI=1S/C25H30N4O6S2/c1-12-13(2)23(34-16(5)31)18(35-19(12)11-33-15(4)30)8-21-28-10-20(36-21)22(32)24-14(3)29-25(37-24)17-9-26-6-7-27-17/h6-7,9-10,12-13,18-19,22-23,32H,8,11H2,1-5H3. The molecule has 6 unspecified atom stereocenters. The molecule has 0 radical (unpaired) electrons. The molecule has 1 fully saturated rings. The summed E-state index contributed by atoms with van der Waals surface area (Å²) >= 11 is 2.74. The second-order valence-electron chi connectivity index (χ2n) is 9.13. The van der Waals surface area contributed by atoms with Crippen molar-refractivity contribution >= 4 is 34.6 Å². The van der Waals surface area contributed by atoms with E-state index in [1.54, 1.807) is 24.8 Å². The van der Waals surface area contributed by atoms with Crippen molar-refractivity contribution in [3.8, 4) is 10.7 Å². The van der Waals surface area contributed by atoms with E-state index in [0.29, 0.717) is 26.9 Å². The van der Waals surface area contributed by atoms with Gasteiger partial charge < -0.3 is 19.3 Å². The number of rotatable bonds is 8. The molecule has 37 heavy (non-hydrogen) atoms. The minimum Gasteiger partial charge on any atom is -0.463 e. The van der Waals surface area contributed by atoms with Crippen LogP contribution in [0.15, 0.2) is 24.8 Å². The summed E-state index contributed by atoms with van der Waals surface area (Å²) in [7, 11) is 0. The zero-order chi connectivity index (χ0) is 26.7. The van der Waals surface area contributed by atoms with E-state index < -0.39 is 18.3 Å². The van der Waals surface area contributed by atoms with Crippen LogP contribution in [-0.4, -0.2) is 61.9 Å². The third-order valence-corrected chi connectivity index (χ3v) is 8.79. The average Bonchev–Trinajstić information content (AvgIpc) is 3.49. The van der Waals surface area contributed by atoms with Crippen molar-refractivity contribution in [2.75, 3.05) is 6.61 Å². The Kier molecular flexibility index (Phi) is 8.63. The average molecular weight is 547 g/mol. The first kappa shape index (κ1) is 27.2. The number of hydrogen-bond donors (Lipinski definition) is 1. The van der Waals surface area contributed by atoms with Gasteiger partial charge in [-0.2, -0.15) is 0 Å². The molecule has 3 aromatic rings. The van der Waals surface area contributed by atoms with Crippen LogP contribution in [0, 0.1) is 18.8 Å². The largest absolute Gasteiger partial charge is 0.463 e. The zero-order valence-corrected chi connectivity index (χ0v) is 22.9. The normalized spacial score (nSPS) is 24.4. The first-order chi connectivity index (χ1) is 17.6. The summed E-state index contributed by atoms with van der Waals surface area (Å²) in [6.07, 6.45) is 4.71. The third kappa shape index (κ3) is 6.38. The van der Waals surface area contributed by atoms with E-state index in [1.807, 2.05) is 20.8 Å². The van der Waals surface area contributed by atoms with Crippen LogP contribution < -0.4 is 0 Å². The van der Waals surface area contributed by atoms with Gasteiger partial charge in [-0.15, -0.1) is 22.7 Å². The van der Waals surface area contributed by atoms with Gasteiger partial charge >= 0.3 is 11.9 Å². The monoisotopic (exact) mass is 546 g/mol. The summed E-state index contributed by atoms with van der Waals surface area (Å²) in [6.45, 7) is 8.72. The molecular formula is C25H30N4O6S2. The number of aromatic nitrogens is 4. The lowest BCUT2D eigenvalue weighted by Gasteiger charge is -2.43. The van der Waals surface area contributed by atoms with Gasteiger partial charge in [-0.1, -0.05) is 13.8 Å². The lowest BCUT2D eigenvalue weighted by molar-refractivity contribution is -0.203. The van der Waals surface area contributed by atoms with Gasteiger partial charge in [0.15, 0.2) is 0 Å². The predicted octanol–water partition coefficient (Wildman–Crippen LogP) is 3.52. The minimum absolute atomic E-state index is 0.00596. The van der Waals surface area contributed by atoms with E-state index in [0.717, 1.165) is 10.7 Å². The van der Waals surface area contributed by atoms with E-state index in [1.165, 1.54) is 36.5 Å². The molecule has 0 amide bonds. The molecule has 0 aliphatic carbocycles. The highest BCUT2D eigenvalue weighted by atomic mass is 32.1. The second kappa shape index (κ2) is 11.7. The van der Waals surface area contributed by atoms with E-state index >= 15 is 0 Å². The van der Waals surface area contributed by atoms with E-state index in [-0.39, 0.29) is 36.5 Å². The molecule has 0 aromatic carbocycles. The molecule has 6 atom stereocenters. The van der Waals surface area contributed by atoms with E-state index in [4.69, 9.17) is 14.2 Å². The van der Waals surface area contributed by atoms with Crippen molar-refractivity contribution in [3.63, 3.8) is 0 Å². The summed E-state index contributed by atoms with van der Waals surface area (Å²) in [5.41, 5.74) is 1.37. The molecular weight excluding hydrogens is 516 g/mol. The molecule has 1 aliphatic heterocycles. The molecule has 1 aliphatic rings. The fourth-order valence-electron chi connectivity index (χ4n) is 4.36. The van der Waals surface area contributed by atoms with Crippen molar-refractivity contribution < 1.29 is 28.9 Å². The number of aliphatic hydroxyl groups excluding tert-OH is 1. The molecule has 198 valence electrons. The van der Waals surface area contributed by atoms with Gasteiger partial charge in [0, 0.05) is 44.8 Å². The smallest absolute Gasteiger partial charge is 0.303 e. The van der Waals surface area contributed by atoms with Crippen molar-refractivity contribution in [2.24, 2.45) is 11.8 Å². The molecule has 0 saturated carbocycles. The number of thiazole rings is 2. The number of ether oxygens (including phenoxy) is 3. The van der Waals surface area contributed by atoms with Crippen LogP contribution in [0.2, 0.25) is 0 Å². The van der Waals surface area contributed by atoms with Crippen molar-refractivity contribution in [1.29, 1.82) is 0 Å². The van der Waals surface area contributed by atoms with Gasteiger partial charge in [-0.3, -0.25) is 19.6 Å². The summed E-state index contributed by atoms with van der Waals surface area (Å²) in [6, 6.07) is 0. The first-order valence-electron chi connectivity index (χ1n) is 12.0. The maximum absolute atomic E-state index is 11.8. The van der Waals surface area contributed by atoms with Crippen LogP contribution in [0.25, 0.3) is 10.7 Å². The van der Waals surface area contributed by atoms with Gasteiger partial charge in [-0.05, 0) is 12.8 Å². The summed E-state index contributed by atoms with van der Waals surface area (Å²) in [4.78, 5) is 42.0. The van der Waals surface area contributed by atoms with Gasteiger partial charge in [0.2, 0.25) is 0 Å². The molecule has 0 bridgehead atoms. The van der Waals surface area contributed by atoms with Gasteiger partial charge in [0.25, 0.3) is 0 Å². The fourth-order valence-corrected chi connectivity index (χ4v) is 6.43. The van der Waals surface area contributed by atoms with Crippen LogP contribution >= 0.6 is 22.7 Å². The van der Waals surface area contributed by atoms with Crippen LogP contribution in [0.1, 0.15) is 54.3 Å². The molecule has 4 heterocycles. The number of nitrogens with zero attached hydrogens (tertiary/aromatic N) is 4. The number of hydrogen-bond acceptors (Lipinski definition) is 12. The minimum atomic E-state index is -0.888. The highest BCUT2D eigenvalue weighted by Crippen LogP contribution is 2.38. The van der Waals surface area contributed by atoms with Crippen LogP contribution in [0.3, 0.4) is 0 Å². The number of esters is 2. The Hall–Kier alpha value is -2.80. The van der Waals surface area contributed by atoms with Crippen molar-refractivity contribution in [2.45, 2.75) is 65.5 Å². The van der Waals surface area contributed by atoms with E-state index in [2.05, 4.69) is 19.9 Å². The Morgan fingerprint density at radius 3 is 2.54 bits per heavy atom. The number of carbonyl (C=O) groups is 2. The number of carbonyl (C=O) groups excluding carboxylic acids is 2. The molecule has 1 saturated heterocycles. The van der Waals surface area contributed by atoms with Gasteiger partial charge in [-0.25, -0.2) is 9.97 Å². The summed E-state index contributed by atoms with van der Waals surface area (Å²) < 4.78 is 17.2. The Labute approximate surface area is 223 Å². The number of aliphatic hydroxyl groups is 1. The van der Waals surface area contributed by atoms with E-state index in [9.17, 15) is 14.7 Å². The Morgan fingerprint density at radius 1 is 1.08 bits per heavy atom. The molecule has 0 spiro atoms. The van der Waals surface area contributed by atoms with Crippen molar-refractivity contribution in [3.05, 3.63) is 45.2 Å². The Balaban J connectivity index is 1.52. The maximum atomic E-state index is 11.8. The quantitative estimate of drug-likeness (QED) is 0.418. The first-order valence-corrected chi connectivity index (χ1v) is 13.6. The molecule has 12 heteroatoms. The highest BCUT2D eigenvalue weighted by Gasteiger charge is 2.44.